The van der Waals surface area contributed by atoms with E-state index in [1.165, 1.54) is 23.9 Å². The van der Waals surface area contributed by atoms with Gasteiger partial charge >= 0.3 is 0 Å². The van der Waals surface area contributed by atoms with Gasteiger partial charge in [-0.1, -0.05) is 0 Å². The molecule has 1 saturated heterocycles. The molecule has 4 rings (SSSR count). The number of aromatic nitrogens is 1. The summed E-state index contributed by atoms with van der Waals surface area (Å²) in [5.74, 6) is 0.782. The molecule has 0 unspecified atom stereocenters. The van der Waals surface area contributed by atoms with Crippen molar-refractivity contribution in [2.45, 2.75) is 37.8 Å². The van der Waals surface area contributed by atoms with Crippen LogP contribution in [-0.4, -0.2) is 42.2 Å². The molecule has 0 atom stereocenters. The lowest BCUT2D eigenvalue weighted by molar-refractivity contribution is 0.111. The Bertz CT molecular complexity index is 660. The number of piperidine rings is 1. The van der Waals surface area contributed by atoms with Crippen LogP contribution in [0.5, 0.6) is 5.88 Å². The van der Waals surface area contributed by atoms with Gasteiger partial charge in [0.05, 0.1) is 0 Å². The minimum atomic E-state index is 0.290. The number of rotatable bonds is 4. The molecule has 0 bridgehead atoms. The maximum Gasteiger partial charge on any atom is 0.221 e. The van der Waals surface area contributed by atoms with Crippen LogP contribution >= 0.6 is 0 Å². The second-order valence-corrected chi connectivity index (χ2v) is 6.59. The van der Waals surface area contributed by atoms with Crippen LogP contribution in [-0.2, 0) is 0 Å². The van der Waals surface area contributed by atoms with Gasteiger partial charge in [-0.15, -0.1) is 0 Å². The van der Waals surface area contributed by atoms with Gasteiger partial charge in [-0.3, -0.25) is 0 Å². The van der Waals surface area contributed by atoms with Crippen LogP contribution in [0.1, 0.15) is 25.7 Å². The molecule has 0 radical (unpaired) electrons. The Labute approximate surface area is 131 Å². The van der Waals surface area contributed by atoms with Gasteiger partial charge in [0, 0.05) is 36.4 Å². The largest absolute Gasteiger partial charge is 0.474 e. The molecule has 2 heterocycles. The Morgan fingerprint density at radius 2 is 1.95 bits per heavy atom. The summed E-state index contributed by atoms with van der Waals surface area (Å²) in [5, 5.41) is 5.86. The number of anilines is 1. The van der Waals surface area contributed by atoms with Crippen LogP contribution in [0.4, 0.5) is 5.69 Å². The fourth-order valence-electron chi connectivity index (χ4n) is 3.06. The first-order valence-electron chi connectivity index (χ1n) is 8.28. The lowest BCUT2D eigenvalue weighted by Gasteiger charge is -2.29. The molecule has 2 aromatic rings. The van der Waals surface area contributed by atoms with Gasteiger partial charge in [-0.25, -0.2) is 4.98 Å². The number of hydrogen-bond donors (Lipinski definition) is 1. The van der Waals surface area contributed by atoms with Gasteiger partial charge in [0.2, 0.25) is 5.88 Å². The first kappa shape index (κ1) is 13.8. The molecule has 1 aromatic heterocycles. The van der Waals surface area contributed by atoms with Crippen molar-refractivity contribution in [3.05, 3.63) is 30.5 Å². The molecule has 4 heteroatoms. The molecule has 0 spiro atoms. The molecule has 2 fully saturated rings. The topological polar surface area (TPSA) is 37.4 Å². The van der Waals surface area contributed by atoms with Crippen molar-refractivity contribution in [2.75, 3.05) is 25.5 Å². The van der Waals surface area contributed by atoms with E-state index in [-0.39, 0.29) is 0 Å². The van der Waals surface area contributed by atoms with Gasteiger partial charge in [0.1, 0.15) is 6.10 Å². The van der Waals surface area contributed by atoms with Crippen molar-refractivity contribution in [3.63, 3.8) is 0 Å². The maximum absolute atomic E-state index is 6.19. The highest BCUT2D eigenvalue weighted by Gasteiger charge is 2.21. The standard InChI is InChI=1S/C18H23N3O/c1-21-10-7-16(8-11-21)22-18-17-5-4-15(20-14-2-3-14)12-13(17)6-9-19-18/h4-6,9,12,14,16,20H,2-3,7-8,10-11H2,1H3. The quantitative estimate of drug-likeness (QED) is 0.940. The Morgan fingerprint density at radius 1 is 1.14 bits per heavy atom. The zero-order valence-electron chi connectivity index (χ0n) is 13.1. The SMILES string of the molecule is CN1CCC(Oc2nccc3cc(NC4CC4)ccc23)CC1. The predicted octanol–water partition coefficient (Wildman–Crippen LogP) is 3.28. The average molecular weight is 297 g/mol. The fraction of sp³-hybridized carbons (Fsp3) is 0.500. The average Bonchev–Trinajstić information content (AvgIpc) is 3.34. The van der Waals surface area contributed by atoms with Crippen molar-refractivity contribution in [3.8, 4) is 5.88 Å². The van der Waals surface area contributed by atoms with Crippen molar-refractivity contribution >= 4 is 16.5 Å². The summed E-state index contributed by atoms with van der Waals surface area (Å²) in [7, 11) is 2.17. The van der Waals surface area contributed by atoms with Gasteiger partial charge < -0.3 is 15.0 Å². The molecule has 4 nitrogen and oxygen atoms in total. The highest BCUT2D eigenvalue weighted by atomic mass is 16.5. The maximum atomic E-state index is 6.19. The summed E-state index contributed by atoms with van der Waals surface area (Å²) in [5.41, 5.74) is 1.20. The van der Waals surface area contributed by atoms with Crippen LogP contribution in [0.15, 0.2) is 30.5 Å². The molecule has 2 aliphatic rings. The first-order chi connectivity index (χ1) is 10.8. The minimum absolute atomic E-state index is 0.290. The Kier molecular flexibility index (Phi) is 3.62. The number of ether oxygens (including phenoxy) is 1. The van der Waals surface area contributed by atoms with E-state index in [0.29, 0.717) is 12.1 Å². The predicted molar refractivity (Wildman–Crippen MR) is 89.5 cm³/mol. The number of fused-ring (bicyclic) bond motifs is 1. The van der Waals surface area contributed by atoms with Gasteiger partial charge in [-0.05, 0) is 62.4 Å². The van der Waals surface area contributed by atoms with Crippen molar-refractivity contribution in [1.82, 2.24) is 9.88 Å². The molecular formula is C18H23N3O. The Morgan fingerprint density at radius 3 is 2.73 bits per heavy atom. The smallest absolute Gasteiger partial charge is 0.221 e. The van der Waals surface area contributed by atoms with Crippen LogP contribution in [0, 0.1) is 0 Å². The lowest BCUT2D eigenvalue weighted by atomic mass is 10.1. The van der Waals surface area contributed by atoms with E-state index < -0.39 is 0 Å². The van der Waals surface area contributed by atoms with E-state index in [9.17, 15) is 0 Å². The molecule has 1 N–H and O–H groups in total. The van der Waals surface area contributed by atoms with Crippen molar-refractivity contribution in [2.24, 2.45) is 0 Å². The molecule has 0 amide bonds. The number of pyridine rings is 1. The molecule has 1 saturated carbocycles. The van der Waals surface area contributed by atoms with Crippen molar-refractivity contribution < 1.29 is 4.74 Å². The second kappa shape index (κ2) is 5.76. The molecule has 1 aliphatic heterocycles. The van der Waals surface area contributed by atoms with E-state index in [1.807, 2.05) is 6.20 Å². The fourth-order valence-corrected chi connectivity index (χ4v) is 3.06. The summed E-state index contributed by atoms with van der Waals surface area (Å²) in [6, 6.07) is 9.22. The third-order valence-corrected chi connectivity index (χ3v) is 4.62. The van der Waals surface area contributed by atoms with Crippen LogP contribution < -0.4 is 10.1 Å². The van der Waals surface area contributed by atoms with E-state index in [2.05, 4.69) is 46.5 Å². The van der Waals surface area contributed by atoms with E-state index in [0.717, 1.165) is 37.2 Å². The number of nitrogens with zero attached hydrogens (tertiary/aromatic N) is 2. The zero-order chi connectivity index (χ0) is 14.9. The Hall–Kier alpha value is -1.81. The van der Waals surface area contributed by atoms with Crippen LogP contribution in [0.3, 0.4) is 0 Å². The molecule has 1 aromatic carbocycles. The van der Waals surface area contributed by atoms with Gasteiger partial charge in [-0.2, -0.15) is 0 Å². The number of benzene rings is 1. The molecule has 1 aliphatic carbocycles. The normalized spacial score (nSPS) is 20.2. The lowest BCUT2D eigenvalue weighted by Crippen LogP contribution is -2.35. The minimum Gasteiger partial charge on any atom is -0.474 e. The summed E-state index contributed by atoms with van der Waals surface area (Å²) in [6.07, 6.45) is 6.88. The second-order valence-electron chi connectivity index (χ2n) is 6.59. The molecular weight excluding hydrogens is 274 g/mol. The third-order valence-electron chi connectivity index (χ3n) is 4.62. The highest BCUT2D eigenvalue weighted by Crippen LogP contribution is 2.30. The monoisotopic (exact) mass is 297 g/mol. The summed E-state index contributed by atoms with van der Waals surface area (Å²) < 4.78 is 6.19. The third kappa shape index (κ3) is 3.02. The van der Waals surface area contributed by atoms with E-state index >= 15 is 0 Å². The first-order valence-corrected chi connectivity index (χ1v) is 8.28. The number of likely N-dealkylation sites (tertiary alicyclic amines) is 1. The van der Waals surface area contributed by atoms with Crippen LogP contribution in [0.2, 0.25) is 0 Å². The number of hydrogen-bond acceptors (Lipinski definition) is 4. The van der Waals surface area contributed by atoms with Crippen LogP contribution in [0.25, 0.3) is 10.8 Å². The summed E-state index contributed by atoms with van der Waals surface area (Å²) in [6.45, 7) is 2.20. The van der Waals surface area contributed by atoms with Crippen molar-refractivity contribution in [1.29, 1.82) is 0 Å². The molecule has 116 valence electrons. The highest BCUT2D eigenvalue weighted by molar-refractivity contribution is 5.89. The van der Waals surface area contributed by atoms with Gasteiger partial charge in [0.25, 0.3) is 0 Å². The number of nitrogens with one attached hydrogen (secondary N) is 1. The Balaban J connectivity index is 1.55. The zero-order valence-corrected chi connectivity index (χ0v) is 13.1. The summed E-state index contributed by atoms with van der Waals surface area (Å²) >= 11 is 0. The van der Waals surface area contributed by atoms with E-state index in [4.69, 9.17) is 4.74 Å². The summed E-state index contributed by atoms with van der Waals surface area (Å²) in [4.78, 5) is 6.82. The van der Waals surface area contributed by atoms with E-state index in [1.54, 1.807) is 0 Å². The molecule has 22 heavy (non-hydrogen) atoms. The van der Waals surface area contributed by atoms with Gasteiger partial charge in [0.15, 0.2) is 0 Å².